The van der Waals surface area contributed by atoms with Gasteiger partial charge in [-0.3, -0.25) is 0 Å². The smallest absolute Gasteiger partial charge is 0.398 e. The molecule has 0 spiro atoms. The molecular weight excluding hydrogens is 300 g/mol. The Morgan fingerprint density at radius 1 is 1.39 bits per heavy atom. The van der Waals surface area contributed by atoms with E-state index in [4.69, 9.17) is 14.0 Å². The summed E-state index contributed by atoms with van der Waals surface area (Å²) in [6.45, 7) is 8.98. The van der Waals surface area contributed by atoms with Crippen molar-refractivity contribution in [1.82, 2.24) is 15.0 Å². The molecule has 2 saturated heterocycles. The van der Waals surface area contributed by atoms with E-state index in [2.05, 4.69) is 10.3 Å². The molecule has 6 nitrogen and oxygen atoms in total. The molecule has 8 heteroatoms. The van der Waals surface area contributed by atoms with Gasteiger partial charge < -0.3 is 14.0 Å². The molecule has 126 valence electrons. The van der Waals surface area contributed by atoms with Crippen LogP contribution in [0.1, 0.15) is 46.2 Å². The van der Waals surface area contributed by atoms with Crippen molar-refractivity contribution in [2.45, 2.75) is 64.4 Å². The third-order valence-electron chi connectivity index (χ3n) is 4.74. The SMILES string of the molecule is CC1(C)OB(C(F)=Cc2cn(CC3CCCO3)nn2)OC1(C)C. The Labute approximate surface area is 136 Å². The van der Waals surface area contributed by atoms with E-state index in [1.807, 2.05) is 27.7 Å². The Balaban J connectivity index is 1.66. The van der Waals surface area contributed by atoms with Gasteiger partial charge in [-0.05, 0) is 46.6 Å². The maximum atomic E-state index is 14.4. The van der Waals surface area contributed by atoms with Crippen LogP contribution in [-0.4, -0.2) is 46.0 Å². The van der Waals surface area contributed by atoms with Crippen LogP contribution >= 0.6 is 0 Å². The Bertz CT molecular complexity index is 581. The third kappa shape index (κ3) is 3.49. The minimum atomic E-state index is -1.01. The average Bonchev–Trinajstić information content (AvgIpc) is 3.13. The molecule has 3 rings (SSSR count). The Kier molecular flexibility index (Phi) is 4.33. The molecule has 0 amide bonds. The molecule has 23 heavy (non-hydrogen) atoms. The molecule has 0 aromatic carbocycles. The third-order valence-corrected chi connectivity index (χ3v) is 4.74. The molecule has 3 heterocycles. The molecule has 1 aromatic rings. The van der Waals surface area contributed by atoms with E-state index in [1.165, 1.54) is 6.08 Å². The molecular formula is C15H23BFN3O3. The first kappa shape index (κ1) is 16.6. The van der Waals surface area contributed by atoms with Crippen LogP contribution in [0.15, 0.2) is 11.9 Å². The van der Waals surface area contributed by atoms with Gasteiger partial charge >= 0.3 is 7.12 Å². The zero-order chi connectivity index (χ0) is 16.7. The van der Waals surface area contributed by atoms with Crippen molar-refractivity contribution < 1.29 is 18.4 Å². The van der Waals surface area contributed by atoms with Crippen LogP contribution in [0.5, 0.6) is 0 Å². The monoisotopic (exact) mass is 323 g/mol. The van der Waals surface area contributed by atoms with Crippen LogP contribution in [0, 0.1) is 0 Å². The summed E-state index contributed by atoms with van der Waals surface area (Å²) in [5, 5.41) is 7.98. The summed E-state index contributed by atoms with van der Waals surface area (Å²) in [6.07, 6.45) is 5.27. The van der Waals surface area contributed by atoms with E-state index in [-0.39, 0.29) is 6.10 Å². The normalized spacial score (nSPS) is 26.9. The summed E-state index contributed by atoms with van der Waals surface area (Å²) < 4.78 is 33.0. The van der Waals surface area contributed by atoms with Crippen LogP contribution < -0.4 is 0 Å². The largest absolute Gasteiger partial charge is 0.525 e. The summed E-state index contributed by atoms with van der Waals surface area (Å²) >= 11 is 0. The zero-order valence-electron chi connectivity index (χ0n) is 14.1. The van der Waals surface area contributed by atoms with Crippen LogP contribution in [0.25, 0.3) is 6.08 Å². The van der Waals surface area contributed by atoms with E-state index in [1.54, 1.807) is 10.9 Å². The number of nitrogens with zero attached hydrogens (tertiary/aromatic N) is 3. The number of ether oxygens (including phenoxy) is 1. The van der Waals surface area contributed by atoms with Gasteiger partial charge in [-0.1, -0.05) is 5.21 Å². The molecule has 2 aliphatic rings. The van der Waals surface area contributed by atoms with Crippen LogP contribution in [-0.2, 0) is 20.6 Å². The number of hydrogen-bond donors (Lipinski definition) is 0. The highest BCUT2D eigenvalue weighted by Crippen LogP contribution is 2.38. The van der Waals surface area contributed by atoms with Crippen molar-refractivity contribution in [3.8, 4) is 0 Å². The van der Waals surface area contributed by atoms with E-state index >= 15 is 0 Å². The molecule has 1 unspecified atom stereocenters. The van der Waals surface area contributed by atoms with Crippen molar-refractivity contribution in [3.63, 3.8) is 0 Å². The topological polar surface area (TPSA) is 58.4 Å². The minimum absolute atomic E-state index is 0.168. The molecule has 0 bridgehead atoms. The van der Waals surface area contributed by atoms with E-state index < -0.39 is 24.0 Å². The molecule has 0 N–H and O–H groups in total. The molecule has 0 saturated carbocycles. The van der Waals surface area contributed by atoms with Gasteiger partial charge in [0, 0.05) is 6.61 Å². The molecule has 1 atom stereocenters. The second kappa shape index (κ2) is 6.00. The second-order valence-electron chi connectivity index (χ2n) is 7.12. The first-order chi connectivity index (χ1) is 10.8. The Morgan fingerprint density at radius 3 is 2.70 bits per heavy atom. The van der Waals surface area contributed by atoms with Gasteiger partial charge in [0.15, 0.2) is 0 Å². The summed E-state index contributed by atoms with van der Waals surface area (Å²) in [4.78, 5) is 0. The van der Waals surface area contributed by atoms with Gasteiger partial charge in [0.1, 0.15) is 11.4 Å². The molecule has 0 aliphatic carbocycles. The van der Waals surface area contributed by atoms with Gasteiger partial charge in [0.25, 0.3) is 0 Å². The minimum Gasteiger partial charge on any atom is -0.398 e. The lowest BCUT2D eigenvalue weighted by Crippen LogP contribution is -2.41. The highest BCUT2D eigenvalue weighted by molar-refractivity contribution is 6.54. The first-order valence-electron chi connectivity index (χ1n) is 8.01. The van der Waals surface area contributed by atoms with Crippen LogP contribution in [0.2, 0.25) is 0 Å². The Morgan fingerprint density at radius 2 is 2.09 bits per heavy atom. The van der Waals surface area contributed by atoms with Gasteiger partial charge in [0.05, 0.1) is 30.0 Å². The fourth-order valence-corrected chi connectivity index (χ4v) is 2.63. The molecule has 0 radical (unpaired) electrons. The van der Waals surface area contributed by atoms with Crippen molar-refractivity contribution in [2.75, 3.05) is 6.61 Å². The highest BCUT2D eigenvalue weighted by atomic mass is 19.1. The van der Waals surface area contributed by atoms with Gasteiger partial charge in [-0.15, -0.1) is 5.10 Å². The van der Waals surface area contributed by atoms with Crippen LogP contribution in [0.3, 0.4) is 0 Å². The lowest BCUT2D eigenvalue weighted by molar-refractivity contribution is 0.00578. The molecule has 1 aromatic heterocycles. The van der Waals surface area contributed by atoms with Crippen molar-refractivity contribution >= 4 is 13.2 Å². The van der Waals surface area contributed by atoms with E-state index in [0.717, 1.165) is 19.4 Å². The number of aromatic nitrogens is 3. The van der Waals surface area contributed by atoms with E-state index in [0.29, 0.717) is 12.2 Å². The summed E-state index contributed by atoms with van der Waals surface area (Å²) in [5.41, 5.74) is -1.20. The first-order valence-corrected chi connectivity index (χ1v) is 8.01. The summed E-state index contributed by atoms with van der Waals surface area (Å²) in [7, 11) is -1.01. The predicted molar refractivity (Wildman–Crippen MR) is 84.2 cm³/mol. The molecule has 2 fully saturated rings. The number of hydrogen-bond acceptors (Lipinski definition) is 5. The Hall–Kier alpha value is -1.25. The highest BCUT2D eigenvalue weighted by Gasteiger charge is 2.53. The number of rotatable bonds is 4. The van der Waals surface area contributed by atoms with Crippen molar-refractivity contribution in [3.05, 3.63) is 17.6 Å². The average molecular weight is 323 g/mol. The van der Waals surface area contributed by atoms with Crippen LogP contribution in [0.4, 0.5) is 4.39 Å². The lowest BCUT2D eigenvalue weighted by Gasteiger charge is -2.32. The van der Waals surface area contributed by atoms with Crippen molar-refractivity contribution in [1.29, 1.82) is 0 Å². The number of halogens is 1. The maximum absolute atomic E-state index is 14.4. The predicted octanol–water partition coefficient (Wildman–Crippen LogP) is 2.40. The molecule has 2 aliphatic heterocycles. The zero-order valence-corrected chi connectivity index (χ0v) is 14.1. The summed E-state index contributed by atoms with van der Waals surface area (Å²) in [5.74, 6) is 0. The van der Waals surface area contributed by atoms with Gasteiger partial charge in [-0.2, -0.15) is 0 Å². The fraction of sp³-hybridized carbons (Fsp3) is 0.733. The quantitative estimate of drug-likeness (QED) is 0.797. The van der Waals surface area contributed by atoms with Gasteiger partial charge in [-0.25, -0.2) is 9.07 Å². The standard InChI is InChI=1S/C15H23BFN3O3/c1-14(2)15(3,4)23-16(22-14)13(17)8-11-9-20(19-18-11)10-12-6-5-7-21-12/h8-9,12H,5-7,10H2,1-4H3. The lowest BCUT2D eigenvalue weighted by atomic mass is 9.87. The van der Waals surface area contributed by atoms with E-state index in [9.17, 15) is 4.39 Å². The second-order valence-corrected chi connectivity index (χ2v) is 7.12. The van der Waals surface area contributed by atoms with Crippen molar-refractivity contribution in [2.24, 2.45) is 0 Å². The van der Waals surface area contributed by atoms with Gasteiger partial charge in [0.2, 0.25) is 0 Å². The fourth-order valence-electron chi connectivity index (χ4n) is 2.63. The maximum Gasteiger partial charge on any atom is 0.525 e. The summed E-state index contributed by atoms with van der Waals surface area (Å²) in [6, 6.07) is 0.